The van der Waals surface area contributed by atoms with E-state index in [4.69, 9.17) is 28.4 Å². The summed E-state index contributed by atoms with van der Waals surface area (Å²) in [5.41, 5.74) is 3.30. The number of nitrogens with one attached hydrogen (secondary N) is 2. The van der Waals surface area contributed by atoms with E-state index in [9.17, 15) is 19.2 Å². The molecule has 284 valence electrons. The van der Waals surface area contributed by atoms with E-state index in [-0.39, 0.29) is 37.9 Å². The number of rotatable bonds is 20. The van der Waals surface area contributed by atoms with E-state index in [0.29, 0.717) is 68.1 Å². The van der Waals surface area contributed by atoms with Gasteiger partial charge in [-0.2, -0.15) is 0 Å². The lowest BCUT2D eigenvalue weighted by atomic mass is 10.0. The number of esters is 2. The minimum atomic E-state index is -0.521. The molecule has 0 bridgehead atoms. The lowest BCUT2D eigenvalue weighted by Gasteiger charge is -2.11. The van der Waals surface area contributed by atoms with Crippen molar-refractivity contribution in [1.29, 1.82) is 0 Å². The number of amides is 2. The van der Waals surface area contributed by atoms with E-state index >= 15 is 0 Å². The minimum Gasteiger partial charge on any atom is -0.493 e. The molecule has 4 aromatic rings. The van der Waals surface area contributed by atoms with Gasteiger partial charge in [0.1, 0.15) is 21.1 Å². The van der Waals surface area contributed by atoms with Crippen LogP contribution in [0, 0.1) is 0 Å². The maximum Gasteiger partial charge on any atom is 0.341 e. The van der Waals surface area contributed by atoms with Gasteiger partial charge in [-0.1, -0.05) is 31.4 Å². The Labute approximate surface area is 317 Å². The SMILES string of the molecule is CCOC(=O)c1c(-c2ccc(OC)c(OC)c2)csc1NC(=O)CCCCCCCC(=O)Nc1scc(-c2ccc(OC)c(OC)c2)c1C(=O)OCC. The number of anilines is 2. The summed E-state index contributed by atoms with van der Waals surface area (Å²) in [4.78, 5) is 51.8. The average molecular weight is 767 g/mol. The van der Waals surface area contributed by atoms with Crippen molar-refractivity contribution in [3.8, 4) is 45.3 Å². The van der Waals surface area contributed by atoms with Gasteiger partial charge in [0.05, 0.1) is 41.7 Å². The summed E-state index contributed by atoms with van der Waals surface area (Å²) < 4.78 is 32.2. The Bertz CT molecular complexity index is 1750. The van der Waals surface area contributed by atoms with Crippen LogP contribution in [0.2, 0.25) is 0 Å². The fourth-order valence-electron chi connectivity index (χ4n) is 5.62. The molecule has 0 radical (unpaired) electrons. The van der Waals surface area contributed by atoms with Crippen LogP contribution < -0.4 is 29.6 Å². The summed E-state index contributed by atoms with van der Waals surface area (Å²) in [6.45, 7) is 3.85. The predicted molar refractivity (Wildman–Crippen MR) is 207 cm³/mol. The summed E-state index contributed by atoms with van der Waals surface area (Å²) in [6, 6.07) is 10.7. The van der Waals surface area contributed by atoms with Gasteiger partial charge in [-0.05, 0) is 62.1 Å². The molecule has 53 heavy (non-hydrogen) atoms. The van der Waals surface area contributed by atoms with E-state index < -0.39 is 11.9 Å². The quantitative estimate of drug-likeness (QED) is 0.0660. The van der Waals surface area contributed by atoms with Gasteiger partial charge in [0, 0.05) is 34.7 Å². The molecular weight excluding hydrogens is 721 g/mol. The van der Waals surface area contributed by atoms with E-state index in [0.717, 1.165) is 30.4 Å². The van der Waals surface area contributed by atoms with Gasteiger partial charge < -0.3 is 39.1 Å². The zero-order chi connectivity index (χ0) is 38.3. The third-order valence-electron chi connectivity index (χ3n) is 8.24. The van der Waals surface area contributed by atoms with Gasteiger partial charge >= 0.3 is 11.9 Å². The predicted octanol–water partition coefficient (Wildman–Crippen LogP) is 8.84. The minimum absolute atomic E-state index is 0.194. The standard InChI is InChI=1S/C39H46N2O10S2/c1-7-50-38(44)34-26(24-16-18-28(46-3)30(20-24)48-5)22-52-36(34)40-32(42)14-12-10-9-11-13-15-33(43)41-37-35(39(45)51-8-2)27(23-53-37)25-17-19-29(47-4)31(21-25)49-6/h16-23H,7-15H2,1-6H3,(H,40,42)(H,41,43). The highest BCUT2D eigenvalue weighted by Gasteiger charge is 2.25. The molecule has 2 amide bonds. The second-order valence-corrected chi connectivity index (χ2v) is 13.4. The van der Waals surface area contributed by atoms with Crippen molar-refractivity contribution in [2.75, 3.05) is 52.3 Å². The Morgan fingerprint density at radius 2 is 0.925 bits per heavy atom. The van der Waals surface area contributed by atoms with Crippen LogP contribution >= 0.6 is 22.7 Å². The molecule has 0 atom stereocenters. The van der Waals surface area contributed by atoms with Gasteiger partial charge in [-0.15, -0.1) is 22.7 Å². The van der Waals surface area contributed by atoms with Crippen LogP contribution in [0.25, 0.3) is 22.3 Å². The highest BCUT2D eigenvalue weighted by atomic mass is 32.1. The molecule has 0 saturated heterocycles. The van der Waals surface area contributed by atoms with Crippen molar-refractivity contribution in [3.05, 3.63) is 58.3 Å². The van der Waals surface area contributed by atoms with Crippen molar-refractivity contribution in [3.63, 3.8) is 0 Å². The molecule has 0 aliphatic carbocycles. The molecule has 0 saturated carbocycles. The van der Waals surface area contributed by atoms with Crippen LogP contribution in [-0.4, -0.2) is 65.4 Å². The molecular formula is C39H46N2O10S2. The molecule has 0 unspecified atom stereocenters. The summed E-state index contributed by atoms with van der Waals surface area (Å²) in [6.07, 6.45) is 4.30. The molecule has 12 nitrogen and oxygen atoms in total. The number of unbranched alkanes of at least 4 members (excludes halogenated alkanes) is 4. The van der Waals surface area contributed by atoms with Gasteiger partial charge in [0.2, 0.25) is 11.8 Å². The third-order valence-corrected chi connectivity index (χ3v) is 10.0. The molecule has 2 heterocycles. The molecule has 4 rings (SSSR count). The van der Waals surface area contributed by atoms with Gasteiger partial charge in [-0.3, -0.25) is 9.59 Å². The normalized spacial score (nSPS) is 10.7. The smallest absolute Gasteiger partial charge is 0.341 e. The first-order valence-corrected chi connectivity index (χ1v) is 19.1. The van der Waals surface area contributed by atoms with E-state index in [1.54, 1.807) is 52.3 Å². The van der Waals surface area contributed by atoms with Crippen LogP contribution in [0.15, 0.2) is 47.2 Å². The molecule has 0 aliphatic rings. The molecule has 2 N–H and O–H groups in total. The Hall–Kier alpha value is -5.08. The fraction of sp³-hybridized carbons (Fsp3) is 0.385. The number of benzene rings is 2. The number of hydrogen-bond acceptors (Lipinski definition) is 12. The first-order chi connectivity index (χ1) is 25.7. The number of carbonyl (C=O) groups excluding carboxylic acids is 4. The molecule has 2 aromatic carbocycles. The first-order valence-electron chi connectivity index (χ1n) is 17.3. The van der Waals surface area contributed by atoms with E-state index in [1.165, 1.54) is 36.9 Å². The summed E-state index contributed by atoms with van der Waals surface area (Å²) in [7, 11) is 6.18. The average Bonchev–Trinajstić information content (AvgIpc) is 3.78. The number of ether oxygens (including phenoxy) is 6. The van der Waals surface area contributed by atoms with E-state index in [1.807, 2.05) is 22.9 Å². The molecule has 0 fully saturated rings. The number of hydrogen-bond donors (Lipinski definition) is 2. The highest BCUT2D eigenvalue weighted by molar-refractivity contribution is 7.15. The molecule has 14 heteroatoms. The Morgan fingerprint density at radius 1 is 0.547 bits per heavy atom. The van der Waals surface area contributed by atoms with Crippen LogP contribution in [0.1, 0.15) is 79.5 Å². The maximum absolute atomic E-state index is 13.0. The largest absolute Gasteiger partial charge is 0.493 e. The van der Waals surface area contributed by atoms with Crippen molar-refractivity contribution in [1.82, 2.24) is 0 Å². The van der Waals surface area contributed by atoms with Crippen LogP contribution in [0.5, 0.6) is 23.0 Å². The van der Waals surface area contributed by atoms with Gasteiger partial charge in [0.15, 0.2) is 23.0 Å². The molecule has 0 spiro atoms. The molecule has 2 aromatic heterocycles. The fourth-order valence-corrected chi connectivity index (χ4v) is 7.57. The summed E-state index contributed by atoms with van der Waals surface area (Å²) in [5.74, 6) is 0.719. The van der Waals surface area contributed by atoms with Crippen molar-refractivity contribution in [2.24, 2.45) is 0 Å². The number of methoxy groups -OCH3 is 4. The van der Waals surface area contributed by atoms with Crippen molar-refractivity contribution < 1.29 is 47.6 Å². The summed E-state index contributed by atoms with van der Waals surface area (Å²) in [5, 5.41) is 10.3. The van der Waals surface area contributed by atoms with E-state index in [2.05, 4.69) is 10.6 Å². The van der Waals surface area contributed by atoms with Gasteiger partial charge in [-0.25, -0.2) is 9.59 Å². The Balaban J connectivity index is 1.27. The lowest BCUT2D eigenvalue weighted by Crippen LogP contribution is -2.14. The Morgan fingerprint density at radius 3 is 1.28 bits per heavy atom. The highest BCUT2D eigenvalue weighted by Crippen LogP contribution is 2.41. The second-order valence-electron chi connectivity index (χ2n) is 11.7. The number of thiophene rings is 2. The van der Waals surface area contributed by atoms with Crippen molar-refractivity contribution >= 4 is 56.4 Å². The monoisotopic (exact) mass is 766 g/mol. The topological polar surface area (TPSA) is 148 Å². The zero-order valence-corrected chi connectivity index (χ0v) is 32.5. The van der Waals surface area contributed by atoms with Crippen LogP contribution in [0.3, 0.4) is 0 Å². The van der Waals surface area contributed by atoms with Crippen molar-refractivity contribution in [2.45, 2.75) is 58.8 Å². The maximum atomic E-state index is 13.0. The van der Waals surface area contributed by atoms with Gasteiger partial charge in [0.25, 0.3) is 0 Å². The summed E-state index contributed by atoms with van der Waals surface area (Å²) >= 11 is 2.52. The zero-order valence-electron chi connectivity index (χ0n) is 30.9. The van der Waals surface area contributed by atoms with Crippen LogP contribution in [0.4, 0.5) is 10.0 Å². The molecule has 0 aliphatic heterocycles. The second kappa shape index (κ2) is 20.2. The number of carbonyl (C=O) groups is 4. The van der Waals surface area contributed by atoms with Crippen LogP contribution in [-0.2, 0) is 19.1 Å². The first kappa shape index (κ1) is 40.7. The Kier molecular flexibility index (Phi) is 15.5. The third kappa shape index (κ3) is 10.5. The lowest BCUT2D eigenvalue weighted by molar-refractivity contribution is -0.117.